The van der Waals surface area contributed by atoms with Gasteiger partial charge in [-0.2, -0.15) is 0 Å². The highest BCUT2D eigenvalue weighted by Gasteiger charge is 2.09. The van der Waals surface area contributed by atoms with Crippen LogP contribution in [0.5, 0.6) is 5.75 Å². The van der Waals surface area contributed by atoms with E-state index in [-0.39, 0.29) is 12.4 Å². The molecule has 5 nitrogen and oxygen atoms in total. The van der Waals surface area contributed by atoms with E-state index in [2.05, 4.69) is 0 Å². The van der Waals surface area contributed by atoms with Crippen LogP contribution in [0.15, 0.2) is 54.6 Å². The predicted octanol–water partition coefficient (Wildman–Crippen LogP) is 2.78. The van der Waals surface area contributed by atoms with E-state index >= 15 is 0 Å². The summed E-state index contributed by atoms with van der Waals surface area (Å²) in [4.78, 5) is 22.9. The lowest BCUT2D eigenvalue weighted by atomic mass is 10.0. The first-order valence-electron chi connectivity index (χ1n) is 7.49. The molecule has 2 aromatic rings. The number of carbonyl (C=O) groups excluding carboxylic acids is 1. The second kappa shape index (κ2) is 8.64. The molecule has 0 aliphatic heterocycles. The fourth-order valence-corrected chi connectivity index (χ4v) is 2.04. The average Bonchev–Trinajstić information content (AvgIpc) is 2.60. The number of ketones is 1. The summed E-state index contributed by atoms with van der Waals surface area (Å²) in [6, 6.07) is 13.5. The molecule has 0 radical (unpaired) electrons. The number of aliphatic hydroxyl groups excluding tert-OH is 1. The standard InChI is InChI=1S/C19H18O5/c20-12-1-13-24-17-9-7-16(8-10-17)19(23)15-5-2-14(3-6-15)4-11-18(21)22/h2-11,20H,1,12-13H2,(H,21,22)/b11-4+. The maximum absolute atomic E-state index is 12.4. The zero-order chi connectivity index (χ0) is 17.4. The zero-order valence-corrected chi connectivity index (χ0v) is 13.0. The molecule has 0 saturated heterocycles. The highest BCUT2D eigenvalue weighted by molar-refractivity contribution is 6.09. The smallest absolute Gasteiger partial charge is 0.328 e. The molecule has 0 spiro atoms. The van der Waals surface area contributed by atoms with E-state index in [4.69, 9.17) is 14.9 Å². The Morgan fingerprint density at radius 3 is 2.08 bits per heavy atom. The molecule has 0 saturated carbocycles. The minimum Gasteiger partial charge on any atom is -0.494 e. The predicted molar refractivity (Wildman–Crippen MR) is 90.2 cm³/mol. The zero-order valence-electron chi connectivity index (χ0n) is 13.0. The minimum atomic E-state index is -1.02. The molecular formula is C19H18O5. The van der Waals surface area contributed by atoms with Crippen molar-refractivity contribution in [2.75, 3.05) is 13.2 Å². The van der Waals surface area contributed by atoms with E-state index in [0.29, 0.717) is 35.5 Å². The van der Waals surface area contributed by atoms with Gasteiger partial charge in [-0.15, -0.1) is 0 Å². The Kier molecular flexibility index (Phi) is 6.28. The molecule has 2 aromatic carbocycles. The first-order chi connectivity index (χ1) is 11.6. The topological polar surface area (TPSA) is 83.8 Å². The van der Waals surface area contributed by atoms with Crippen molar-refractivity contribution >= 4 is 17.8 Å². The fraction of sp³-hybridized carbons (Fsp3) is 0.158. The molecular weight excluding hydrogens is 308 g/mol. The summed E-state index contributed by atoms with van der Waals surface area (Å²) in [6.45, 7) is 0.503. The molecule has 0 fully saturated rings. The lowest BCUT2D eigenvalue weighted by Crippen LogP contribution is -2.02. The first kappa shape index (κ1) is 17.4. The van der Waals surface area contributed by atoms with E-state index in [1.54, 1.807) is 48.5 Å². The Bertz CT molecular complexity index is 714. The van der Waals surface area contributed by atoms with E-state index in [1.165, 1.54) is 6.08 Å². The van der Waals surface area contributed by atoms with Gasteiger partial charge in [0.1, 0.15) is 5.75 Å². The fourth-order valence-electron chi connectivity index (χ4n) is 2.04. The van der Waals surface area contributed by atoms with Crippen molar-refractivity contribution < 1.29 is 24.5 Å². The lowest BCUT2D eigenvalue weighted by Gasteiger charge is -2.06. The van der Waals surface area contributed by atoms with Gasteiger partial charge in [-0.25, -0.2) is 4.79 Å². The van der Waals surface area contributed by atoms with Crippen molar-refractivity contribution in [3.8, 4) is 5.75 Å². The van der Waals surface area contributed by atoms with Gasteiger partial charge >= 0.3 is 5.97 Å². The minimum absolute atomic E-state index is 0.0776. The first-order valence-corrected chi connectivity index (χ1v) is 7.49. The van der Waals surface area contributed by atoms with Gasteiger partial charge < -0.3 is 14.9 Å². The number of hydrogen-bond donors (Lipinski definition) is 2. The van der Waals surface area contributed by atoms with Gasteiger partial charge in [0.15, 0.2) is 5.78 Å². The van der Waals surface area contributed by atoms with Crippen LogP contribution in [0.1, 0.15) is 27.9 Å². The van der Waals surface area contributed by atoms with Crippen molar-refractivity contribution in [2.45, 2.75) is 6.42 Å². The lowest BCUT2D eigenvalue weighted by molar-refractivity contribution is -0.131. The van der Waals surface area contributed by atoms with Crippen molar-refractivity contribution in [3.05, 3.63) is 71.3 Å². The summed E-state index contributed by atoms with van der Waals surface area (Å²) in [5, 5.41) is 17.3. The average molecular weight is 326 g/mol. The van der Waals surface area contributed by atoms with E-state index in [9.17, 15) is 9.59 Å². The van der Waals surface area contributed by atoms with Crippen molar-refractivity contribution in [1.29, 1.82) is 0 Å². The highest BCUT2D eigenvalue weighted by Crippen LogP contribution is 2.16. The summed E-state index contributed by atoms with van der Waals surface area (Å²) in [7, 11) is 0. The number of carboxylic acids is 1. The molecule has 24 heavy (non-hydrogen) atoms. The van der Waals surface area contributed by atoms with Crippen LogP contribution in [-0.4, -0.2) is 35.2 Å². The van der Waals surface area contributed by atoms with Gasteiger partial charge in [0, 0.05) is 30.2 Å². The van der Waals surface area contributed by atoms with Crippen LogP contribution >= 0.6 is 0 Å². The van der Waals surface area contributed by atoms with Gasteiger partial charge in [-0.3, -0.25) is 4.79 Å². The molecule has 0 amide bonds. The van der Waals surface area contributed by atoms with Crippen LogP contribution in [0.2, 0.25) is 0 Å². The molecule has 124 valence electrons. The van der Waals surface area contributed by atoms with E-state index in [1.807, 2.05) is 0 Å². The van der Waals surface area contributed by atoms with Crippen molar-refractivity contribution in [3.63, 3.8) is 0 Å². The third kappa shape index (κ3) is 5.07. The monoisotopic (exact) mass is 326 g/mol. The normalized spacial score (nSPS) is 10.7. The maximum atomic E-state index is 12.4. The Morgan fingerprint density at radius 2 is 1.54 bits per heavy atom. The molecule has 0 bridgehead atoms. The number of carboxylic acid groups (broad SMARTS) is 1. The Hall–Kier alpha value is -2.92. The molecule has 2 N–H and O–H groups in total. The summed E-state index contributed by atoms with van der Waals surface area (Å²) in [5.41, 5.74) is 1.77. The third-order valence-electron chi connectivity index (χ3n) is 3.28. The van der Waals surface area contributed by atoms with E-state index < -0.39 is 5.97 Å². The van der Waals surface area contributed by atoms with Gasteiger partial charge in [0.05, 0.1) is 6.61 Å². The molecule has 0 aliphatic rings. The Labute approximate surface area is 139 Å². The number of ether oxygens (including phenoxy) is 1. The van der Waals surface area contributed by atoms with E-state index in [0.717, 1.165) is 6.08 Å². The van der Waals surface area contributed by atoms with Gasteiger partial charge in [0.25, 0.3) is 0 Å². The number of aliphatic carboxylic acids is 1. The van der Waals surface area contributed by atoms with Gasteiger partial charge in [-0.05, 0) is 35.9 Å². The van der Waals surface area contributed by atoms with Crippen molar-refractivity contribution in [1.82, 2.24) is 0 Å². The number of aliphatic hydroxyl groups is 1. The molecule has 0 heterocycles. The van der Waals surface area contributed by atoms with Gasteiger partial charge in [0.2, 0.25) is 0 Å². The van der Waals surface area contributed by atoms with Crippen LogP contribution < -0.4 is 4.74 Å². The molecule has 0 atom stereocenters. The largest absolute Gasteiger partial charge is 0.494 e. The summed E-state index contributed by atoms with van der Waals surface area (Å²) < 4.78 is 5.42. The summed E-state index contributed by atoms with van der Waals surface area (Å²) in [5.74, 6) is -0.490. The quantitative estimate of drug-likeness (QED) is 0.443. The maximum Gasteiger partial charge on any atom is 0.328 e. The SMILES string of the molecule is O=C(O)/C=C/c1ccc(C(=O)c2ccc(OCCCO)cc2)cc1. The highest BCUT2D eigenvalue weighted by atomic mass is 16.5. The second-order valence-electron chi connectivity index (χ2n) is 5.07. The van der Waals surface area contributed by atoms with Crippen LogP contribution in [-0.2, 0) is 4.79 Å². The number of carbonyl (C=O) groups is 2. The van der Waals surface area contributed by atoms with Gasteiger partial charge in [-0.1, -0.05) is 24.3 Å². The number of hydrogen-bond acceptors (Lipinski definition) is 4. The van der Waals surface area contributed by atoms with Crippen LogP contribution in [0, 0.1) is 0 Å². The number of benzene rings is 2. The van der Waals surface area contributed by atoms with Crippen LogP contribution in [0.3, 0.4) is 0 Å². The Balaban J connectivity index is 2.04. The Morgan fingerprint density at radius 1 is 0.958 bits per heavy atom. The van der Waals surface area contributed by atoms with Crippen LogP contribution in [0.4, 0.5) is 0 Å². The van der Waals surface area contributed by atoms with Crippen LogP contribution in [0.25, 0.3) is 6.08 Å². The second-order valence-corrected chi connectivity index (χ2v) is 5.07. The third-order valence-corrected chi connectivity index (χ3v) is 3.28. The number of rotatable bonds is 8. The molecule has 0 aliphatic carbocycles. The van der Waals surface area contributed by atoms with Crippen molar-refractivity contribution in [2.24, 2.45) is 0 Å². The summed E-state index contributed by atoms with van der Waals surface area (Å²) >= 11 is 0. The molecule has 0 aromatic heterocycles. The molecule has 0 unspecified atom stereocenters. The summed E-state index contributed by atoms with van der Waals surface area (Å²) in [6.07, 6.45) is 3.07. The molecule has 2 rings (SSSR count). The molecule has 5 heteroatoms.